The molecule has 0 bridgehead atoms. The van der Waals surface area contributed by atoms with Gasteiger partial charge in [-0.25, -0.2) is 4.79 Å². The van der Waals surface area contributed by atoms with Crippen molar-refractivity contribution in [2.75, 3.05) is 5.75 Å². The van der Waals surface area contributed by atoms with Gasteiger partial charge in [-0.05, 0) is 25.0 Å². The quantitative estimate of drug-likeness (QED) is 0.261. The fraction of sp³-hybridized carbons (Fsp3) is 0.789. The third kappa shape index (κ3) is 8.38. The second kappa shape index (κ2) is 12.5. The molecule has 25 heavy (non-hydrogen) atoms. The summed E-state index contributed by atoms with van der Waals surface area (Å²) in [4.78, 5) is 21.5. The van der Waals surface area contributed by atoms with Crippen LogP contribution < -0.4 is 0 Å². The summed E-state index contributed by atoms with van der Waals surface area (Å²) < 4.78 is 0. The third-order valence-electron chi connectivity index (χ3n) is 4.69. The molecule has 144 valence electrons. The molecule has 0 aromatic rings. The van der Waals surface area contributed by atoms with Crippen LogP contribution in [0.5, 0.6) is 0 Å². The highest BCUT2D eigenvalue weighted by Gasteiger charge is 2.40. The summed E-state index contributed by atoms with van der Waals surface area (Å²) in [5.41, 5.74) is 0. The number of unbranched alkanes of at least 4 members (excludes halogenated alkanes) is 4. The standard InChI is InChI=1S/C19H32O5S/c1-2-3-4-5-9-12-25-18-14(16(21)13-17(18)22)10-7-6-8-11-15(20)19(23)24/h6-7,14,16-18,21-22H,2-5,8-13H2,1H3,(H,23,24)/t14-,16?,17?,18+/m0/s1. The van der Waals surface area contributed by atoms with Crippen molar-refractivity contribution in [1.82, 2.24) is 0 Å². The zero-order valence-electron chi connectivity index (χ0n) is 15.1. The van der Waals surface area contributed by atoms with E-state index in [0.717, 1.165) is 12.2 Å². The minimum Gasteiger partial charge on any atom is -0.476 e. The molecule has 0 radical (unpaired) electrons. The van der Waals surface area contributed by atoms with Crippen molar-refractivity contribution in [3.8, 4) is 0 Å². The number of allylic oxidation sites excluding steroid dienone is 2. The van der Waals surface area contributed by atoms with Crippen LogP contribution in [0.25, 0.3) is 0 Å². The Bertz CT molecular complexity index is 438. The maximum Gasteiger partial charge on any atom is 0.372 e. The minimum atomic E-state index is -1.39. The number of carbonyl (C=O) groups is 2. The number of aliphatic carboxylic acids is 1. The summed E-state index contributed by atoms with van der Waals surface area (Å²) in [5, 5.41) is 28.9. The molecule has 1 aliphatic carbocycles. The van der Waals surface area contributed by atoms with E-state index in [4.69, 9.17) is 5.11 Å². The highest BCUT2D eigenvalue weighted by Crippen LogP contribution is 2.38. The normalized spacial score (nSPS) is 26.4. The number of hydrogen-bond donors (Lipinski definition) is 3. The first-order chi connectivity index (χ1) is 12.0. The Morgan fingerprint density at radius 2 is 1.80 bits per heavy atom. The van der Waals surface area contributed by atoms with Crippen LogP contribution in [0.15, 0.2) is 12.2 Å². The molecule has 1 rings (SSSR count). The first-order valence-electron chi connectivity index (χ1n) is 9.36. The molecule has 3 N–H and O–H groups in total. The van der Waals surface area contributed by atoms with E-state index in [9.17, 15) is 19.8 Å². The Kier molecular flexibility index (Phi) is 11.1. The van der Waals surface area contributed by atoms with Gasteiger partial charge < -0.3 is 15.3 Å². The number of thioether (sulfide) groups is 1. The van der Waals surface area contributed by atoms with E-state index in [1.165, 1.54) is 25.7 Å². The van der Waals surface area contributed by atoms with Crippen molar-refractivity contribution in [3.05, 3.63) is 12.2 Å². The van der Waals surface area contributed by atoms with Crippen molar-refractivity contribution in [2.45, 2.75) is 82.2 Å². The molecule has 0 amide bonds. The van der Waals surface area contributed by atoms with Crippen LogP contribution in [-0.2, 0) is 9.59 Å². The SMILES string of the molecule is CCCCCCCS[C@H]1C(O)CC(O)[C@@H]1CC=CCCC(=O)C(=O)O. The van der Waals surface area contributed by atoms with Gasteiger partial charge in [-0.3, -0.25) is 4.79 Å². The third-order valence-corrected chi connectivity index (χ3v) is 6.26. The van der Waals surface area contributed by atoms with Crippen molar-refractivity contribution < 1.29 is 24.9 Å². The molecule has 0 heterocycles. The van der Waals surface area contributed by atoms with Gasteiger partial charge in [-0.2, -0.15) is 11.8 Å². The second-order valence-electron chi connectivity index (χ2n) is 6.76. The van der Waals surface area contributed by atoms with E-state index in [-0.39, 0.29) is 17.6 Å². The second-order valence-corrected chi connectivity index (χ2v) is 8.04. The topological polar surface area (TPSA) is 94.8 Å². The first-order valence-corrected chi connectivity index (χ1v) is 10.4. The maximum absolute atomic E-state index is 11.0. The van der Waals surface area contributed by atoms with Crippen LogP contribution in [-0.4, -0.2) is 50.3 Å². The van der Waals surface area contributed by atoms with Crippen molar-refractivity contribution in [1.29, 1.82) is 0 Å². The fourth-order valence-electron chi connectivity index (χ4n) is 3.20. The van der Waals surface area contributed by atoms with E-state index in [0.29, 0.717) is 19.3 Å². The zero-order chi connectivity index (χ0) is 18.7. The number of carbonyl (C=O) groups excluding carboxylic acids is 1. The van der Waals surface area contributed by atoms with E-state index < -0.39 is 24.0 Å². The Hall–Kier alpha value is -0.850. The molecule has 5 nitrogen and oxygen atoms in total. The van der Waals surface area contributed by atoms with Gasteiger partial charge in [0.25, 0.3) is 0 Å². The first kappa shape index (κ1) is 22.2. The monoisotopic (exact) mass is 372 g/mol. The summed E-state index contributed by atoms with van der Waals surface area (Å²) in [6, 6.07) is 0. The van der Waals surface area contributed by atoms with Gasteiger partial charge in [0.2, 0.25) is 5.78 Å². The molecule has 0 aliphatic heterocycles. The number of carboxylic acids is 1. The lowest BCUT2D eigenvalue weighted by Gasteiger charge is -2.22. The number of rotatable bonds is 13. The molecule has 1 fully saturated rings. The number of Topliss-reactive ketones (excluding diaryl/α,β-unsaturated/α-hetero) is 1. The van der Waals surface area contributed by atoms with E-state index in [1.54, 1.807) is 17.8 Å². The Morgan fingerprint density at radius 1 is 1.08 bits per heavy atom. The van der Waals surface area contributed by atoms with Crippen LogP contribution in [0.2, 0.25) is 0 Å². The van der Waals surface area contributed by atoms with E-state index in [2.05, 4.69) is 6.92 Å². The summed E-state index contributed by atoms with van der Waals surface area (Å²) in [7, 11) is 0. The molecule has 4 atom stereocenters. The fourth-order valence-corrected chi connectivity index (χ4v) is 4.72. The highest BCUT2D eigenvalue weighted by atomic mass is 32.2. The van der Waals surface area contributed by atoms with Gasteiger partial charge in [0.05, 0.1) is 12.2 Å². The Morgan fingerprint density at radius 3 is 2.48 bits per heavy atom. The molecule has 6 heteroatoms. The minimum absolute atomic E-state index is 0.00236. The van der Waals surface area contributed by atoms with Gasteiger partial charge in [0.1, 0.15) is 0 Å². The molecule has 0 saturated heterocycles. The van der Waals surface area contributed by atoms with Crippen molar-refractivity contribution >= 4 is 23.5 Å². The smallest absolute Gasteiger partial charge is 0.372 e. The zero-order valence-corrected chi connectivity index (χ0v) is 15.9. The largest absolute Gasteiger partial charge is 0.476 e. The molecule has 2 unspecified atom stereocenters. The van der Waals surface area contributed by atoms with Crippen LogP contribution in [0.3, 0.4) is 0 Å². The summed E-state index contributed by atoms with van der Waals surface area (Å²) in [6.45, 7) is 2.20. The molecule has 0 aromatic heterocycles. The molecular weight excluding hydrogens is 340 g/mol. The van der Waals surface area contributed by atoms with Crippen LogP contribution >= 0.6 is 11.8 Å². The number of aliphatic hydroxyl groups excluding tert-OH is 2. The van der Waals surface area contributed by atoms with Gasteiger partial charge in [-0.15, -0.1) is 0 Å². The van der Waals surface area contributed by atoms with Crippen LogP contribution in [0.4, 0.5) is 0 Å². The van der Waals surface area contributed by atoms with E-state index in [1.807, 2.05) is 6.08 Å². The molecule has 1 saturated carbocycles. The average molecular weight is 373 g/mol. The number of aliphatic hydroxyl groups is 2. The van der Waals surface area contributed by atoms with Gasteiger partial charge in [-0.1, -0.05) is 44.8 Å². The predicted octanol–water partition coefficient (Wildman–Crippen LogP) is 3.18. The summed E-state index contributed by atoms with van der Waals surface area (Å²) in [5.74, 6) is -1.15. The van der Waals surface area contributed by atoms with Crippen molar-refractivity contribution in [2.24, 2.45) is 5.92 Å². The van der Waals surface area contributed by atoms with E-state index >= 15 is 0 Å². The molecule has 0 spiro atoms. The average Bonchev–Trinajstić information content (AvgIpc) is 2.83. The number of ketones is 1. The molecule has 0 aromatic carbocycles. The summed E-state index contributed by atoms with van der Waals surface area (Å²) in [6.07, 6.45) is 10.3. The van der Waals surface area contributed by atoms with Crippen molar-refractivity contribution in [3.63, 3.8) is 0 Å². The lowest BCUT2D eigenvalue weighted by Crippen LogP contribution is -2.24. The maximum atomic E-state index is 11.0. The van der Waals surface area contributed by atoms with Gasteiger partial charge >= 0.3 is 5.97 Å². The number of carboxylic acid groups (broad SMARTS) is 1. The highest BCUT2D eigenvalue weighted by molar-refractivity contribution is 7.99. The Labute approximate surface area is 154 Å². The van der Waals surface area contributed by atoms with Crippen LogP contribution in [0.1, 0.15) is 64.7 Å². The Balaban J connectivity index is 2.33. The molecular formula is C19H32O5S. The predicted molar refractivity (Wildman–Crippen MR) is 101 cm³/mol. The van der Waals surface area contributed by atoms with Gasteiger partial charge in [0.15, 0.2) is 0 Å². The van der Waals surface area contributed by atoms with Gasteiger partial charge in [0, 0.05) is 24.0 Å². The summed E-state index contributed by atoms with van der Waals surface area (Å²) >= 11 is 1.76. The lowest BCUT2D eigenvalue weighted by molar-refractivity contribution is -0.149. The molecule has 1 aliphatic rings. The van der Waals surface area contributed by atoms with Crippen LogP contribution in [0, 0.1) is 5.92 Å². The number of hydrogen-bond acceptors (Lipinski definition) is 5. The lowest BCUT2D eigenvalue weighted by atomic mass is 10.0.